The van der Waals surface area contributed by atoms with E-state index in [2.05, 4.69) is 4.98 Å². The first-order valence-corrected chi connectivity index (χ1v) is 6.20. The molecule has 0 atom stereocenters. The summed E-state index contributed by atoms with van der Waals surface area (Å²) in [5, 5.41) is 0. The zero-order chi connectivity index (χ0) is 14.4. The van der Waals surface area contributed by atoms with Crippen LogP contribution < -0.4 is 10.6 Å². The van der Waals surface area contributed by atoms with Crippen LogP contribution in [-0.4, -0.2) is 16.8 Å². The van der Waals surface area contributed by atoms with Crippen molar-refractivity contribution in [3.63, 3.8) is 0 Å². The van der Waals surface area contributed by atoms with Gasteiger partial charge in [0.25, 0.3) is 11.8 Å². The van der Waals surface area contributed by atoms with Gasteiger partial charge in [0, 0.05) is 18.1 Å². The highest BCUT2D eigenvalue weighted by Crippen LogP contribution is 2.32. The summed E-state index contributed by atoms with van der Waals surface area (Å²) in [4.78, 5) is 29.9. The average molecular weight is 267 g/mol. The largest absolute Gasteiger partial charge is 0.399 e. The van der Waals surface area contributed by atoms with E-state index in [1.807, 2.05) is 13.8 Å². The lowest BCUT2D eigenvalue weighted by molar-refractivity contribution is 0.0926. The summed E-state index contributed by atoms with van der Waals surface area (Å²) < 4.78 is 0. The fourth-order valence-electron chi connectivity index (χ4n) is 2.37. The third-order valence-corrected chi connectivity index (χ3v) is 3.51. The maximum absolute atomic E-state index is 12.4. The molecule has 0 saturated heterocycles. The summed E-state index contributed by atoms with van der Waals surface area (Å²) >= 11 is 0. The van der Waals surface area contributed by atoms with Crippen LogP contribution in [0.15, 0.2) is 30.6 Å². The van der Waals surface area contributed by atoms with E-state index >= 15 is 0 Å². The van der Waals surface area contributed by atoms with Crippen molar-refractivity contribution in [3.8, 4) is 0 Å². The highest BCUT2D eigenvalue weighted by Gasteiger charge is 2.37. The summed E-state index contributed by atoms with van der Waals surface area (Å²) in [7, 11) is 0. The number of carbonyl (C=O) groups excluding carboxylic acids is 2. The number of nitrogens with two attached hydrogens (primary N) is 1. The van der Waals surface area contributed by atoms with E-state index in [4.69, 9.17) is 5.73 Å². The van der Waals surface area contributed by atoms with Gasteiger partial charge >= 0.3 is 0 Å². The van der Waals surface area contributed by atoms with E-state index in [0.29, 0.717) is 22.5 Å². The molecule has 1 aromatic heterocycles. The van der Waals surface area contributed by atoms with E-state index < -0.39 is 0 Å². The van der Waals surface area contributed by atoms with Crippen LogP contribution in [0.1, 0.15) is 31.8 Å². The first kappa shape index (κ1) is 12.3. The normalized spacial score (nSPS) is 13.8. The van der Waals surface area contributed by atoms with Gasteiger partial charge in [0.1, 0.15) is 0 Å². The Morgan fingerprint density at radius 2 is 1.75 bits per heavy atom. The van der Waals surface area contributed by atoms with Gasteiger partial charge in [0.15, 0.2) is 0 Å². The Bertz CT molecular complexity index is 718. The number of anilines is 2. The standard InChI is InChI=1S/C15H13N3O2/c1-8-6-13(9(2)5-12(8)16)18-14(19)10-3-4-17-7-11(10)15(18)20/h3-7H,16H2,1-2H3. The van der Waals surface area contributed by atoms with Crippen molar-refractivity contribution in [2.24, 2.45) is 0 Å². The molecule has 0 unspecified atom stereocenters. The summed E-state index contributed by atoms with van der Waals surface area (Å²) in [6, 6.07) is 5.10. The summed E-state index contributed by atoms with van der Waals surface area (Å²) in [6.07, 6.45) is 2.93. The third-order valence-electron chi connectivity index (χ3n) is 3.51. The fraction of sp³-hybridized carbons (Fsp3) is 0.133. The Kier molecular flexibility index (Phi) is 2.57. The third kappa shape index (κ3) is 1.60. The molecule has 1 aliphatic heterocycles. The number of rotatable bonds is 1. The van der Waals surface area contributed by atoms with Crippen LogP contribution in [0, 0.1) is 13.8 Å². The molecule has 0 fully saturated rings. The first-order valence-electron chi connectivity index (χ1n) is 6.20. The van der Waals surface area contributed by atoms with Gasteiger partial charge in [-0.3, -0.25) is 14.6 Å². The molecule has 0 aliphatic carbocycles. The van der Waals surface area contributed by atoms with Crippen LogP contribution in [0.3, 0.4) is 0 Å². The minimum Gasteiger partial charge on any atom is -0.399 e. The van der Waals surface area contributed by atoms with Gasteiger partial charge in [0.2, 0.25) is 0 Å². The number of hydrogen-bond donors (Lipinski definition) is 1. The smallest absolute Gasteiger partial charge is 0.267 e. The predicted molar refractivity (Wildman–Crippen MR) is 75.7 cm³/mol. The molecule has 2 heterocycles. The van der Waals surface area contributed by atoms with Gasteiger partial charge in [-0.25, -0.2) is 4.90 Å². The molecule has 0 bridgehead atoms. The second kappa shape index (κ2) is 4.16. The molecule has 20 heavy (non-hydrogen) atoms. The van der Waals surface area contributed by atoms with Gasteiger partial charge in [0.05, 0.1) is 16.8 Å². The number of benzene rings is 1. The van der Waals surface area contributed by atoms with Crippen LogP contribution in [0.2, 0.25) is 0 Å². The van der Waals surface area contributed by atoms with Crippen molar-refractivity contribution in [1.29, 1.82) is 0 Å². The summed E-state index contributed by atoms with van der Waals surface area (Å²) in [6.45, 7) is 3.67. The molecular formula is C15H13N3O2. The molecule has 0 saturated carbocycles. The van der Waals surface area contributed by atoms with Gasteiger partial charge in [-0.05, 0) is 43.2 Å². The molecule has 100 valence electrons. The van der Waals surface area contributed by atoms with Gasteiger partial charge in [-0.2, -0.15) is 0 Å². The number of nitrogens with zero attached hydrogens (tertiary/aromatic N) is 2. The van der Waals surface area contributed by atoms with Crippen LogP contribution in [0.5, 0.6) is 0 Å². The van der Waals surface area contributed by atoms with Crippen molar-refractivity contribution < 1.29 is 9.59 Å². The zero-order valence-electron chi connectivity index (χ0n) is 11.2. The summed E-state index contributed by atoms with van der Waals surface area (Å²) in [5.74, 6) is -0.662. The molecule has 2 N–H and O–H groups in total. The van der Waals surface area contributed by atoms with Gasteiger partial charge < -0.3 is 5.73 Å². The van der Waals surface area contributed by atoms with Crippen LogP contribution in [-0.2, 0) is 0 Å². The second-order valence-corrected chi connectivity index (χ2v) is 4.86. The number of aryl methyl sites for hydroxylation is 2. The number of fused-ring (bicyclic) bond motifs is 1. The Hall–Kier alpha value is -2.69. The maximum atomic E-state index is 12.4. The Morgan fingerprint density at radius 1 is 1.05 bits per heavy atom. The molecule has 1 aliphatic rings. The van der Waals surface area contributed by atoms with Crippen molar-refractivity contribution >= 4 is 23.2 Å². The molecule has 0 radical (unpaired) electrons. The Labute approximate surface area is 116 Å². The lowest BCUT2D eigenvalue weighted by atomic mass is 10.1. The van der Waals surface area contributed by atoms with Crippen molar-refractivity contribution in [2.75, 3.05) is 10.6 Å². The number of amides is 2. The quantitative estimate of drug-likeness (QED) is 0.634. The van der Waals surface area contributed by atoms with E-state index in [9.17, 15) is 9.59 Å². The number of hydrogen-bond acceptors (Lipinski definition) is 4. The van der Waals surface area contributed by atoms with Crippen molar-refractivity contribution in [3.05, 3.63) is 52.8 Å². The number of imide groups is 1. The molecule has 5 heteroatoms. The number of carbonyl (C=O) groups is 2. The van der Waals surface area contributed by atoms with E-state index in [1.165, 1.54) is 17.3 Å². The van der Waals surface area contributed by atoms with E-state index in [0.717, 1.165) is 11.1 Å². The first-order chi connectivity index (χ1) is 9.50. The average Bonchev–Trinajstić information content (AvgIpc) is 2.68. The molecular weight excluding hydrogens is 254 g/mol. The van der Waals surface area contributed by atoms with E-state index in [-0.39, 0.29) is 11.8 Å². The minimum atomic E-state index is -0.342. The molecule has 0 spiro atoms. The number of aromatic nitrogens is 1. The Balaban J connectivity index is 2.17. The molecule has 2 aromatic rings. The highest BCUT2D eigenvalue weighted by atomic mass is 16.2. The van der Waals surface area contributed by atoms with Crippen LogP contribution in [0.4, 0.5) is 11.4 Å². The number of nitrogen functional groups attached to an aromatic ring is 1. The molecule has 3 rings (SSSR count). The van der Waals surface area contributed by atoms with Crippen LogP contribution >= 0.6 is 0 Å². The van der Waals surface area contributed by atoms with Crippen molar-refractivity contribution in [2.45, 2.75) is 13.8 Å². The second-order valence-electron chi connectivity index (χ2n) is 4.86. The number of pyridine rings is 1. The monoisotopic (exact) mass is 267 g/mol. The van der Waals surface area contributed by atoms with Gasteiger partial charge in [-0.15, -0.1) is 0 Å². The molecule has 1 aromatic carbocycles. The maximum Gasteiger partial charge on any atom is 0.267 e. The van der Waals surface area contributed by atoms with Crippen molar-refractivity contribution in [1.82, 2.24) is 4.98 Å². The topological polar surface area (TPSA) is 76.3 Å². The van der Waals surface area contributed by atoms with Gasteiger partial charge in [-0.1, -0.05) is 0 Å². The molecule has 2 amide bonds. The lowest BCUT2D eigenvalue weighted by Crippen LogP contribution is -2.30. The zero-order valence-corrected chi connectivity index (χ0v) is 11.2. The molecule has 5 nitrogen and oxygen atoms in total. The highest BCUT2D eigenvalue weighted by molar-refractivity contribution is 6.34. The minimum absolute atomic E-state index is 0.320. The Morgan fingerprint density at radius 3 is 2.45 bits per heavy atom. The lowest BCUT2D eigenvalue weighted by Gasteiger charge is -2.18. The fourth-order valence-corrected chi connectivity index (χ4v) is 2.37. The predicted octanol–water partition coefficient (Wildman–Crippen LogP) is 2.08. The SMILES string of the molecule is Cc1cc(N2C(=O)c3ccncc3C2=O)c(C)cc1N. The van der Waals surface area contributed by atoms with E-state index in [1.54, 1.807) is 18.2 Å². The van der Waals surface area contributed by atoms with Crippen LogP contribution in [0.25, 0.3) is 0 Å². The summed E-state index contributed by atoms with van der Waals surface area (Å²) in [5.41, 5.74) is 9.41.